The fraction of sp³-hybridized carbons (Fsp3) is 0. The predicted octanol–water partition coefficient (Wildman–Crippen LogP) is 12.9. The van der Waals surface area contributed by atoms with E-state index in [1.807, 2.05) is 12.1 Å². The zero-order valence-corrected chi connectivity index (χ0v) is 36.9. The first-order valence-electron chi connectivity index (χ1n) is 22.5. The minimum absolute atomic E-state index is 0.646. The molecule has 0 atom stereocenters. The molecule has 13 rings (SSSR count). The molecule has 0 unspecified atom stereocenters. The Balaban J connectivity index is 0.992. The van der Waals surface area contributed by atoms with Crippen LogP contribution in [0.15, 0.2) is 243 Å². The number of rotatable bonds is 7. The zero-order chi connectivity index (χ0) is 43.8. The van der Waals surface area contributed by atoms with Crippen molar-refractivity contribution in [2.75, 3.05) is 0 Å². The van der Waals surface area contributed by atoms with E-state index in [1.54, 1.807) is 0 Å². The Bertz CT molecular complexity index is 3950. The molecule has 0 radical (unpaired) electrons. The first-order valence-corrected chi connectivity index (χ1v) is 24.5. The smallest absolute Gasteiger partial charge is 0.188 e. The first kappa shape index (κ1) is 37.8. The van der Waals surface area contributed by atoms with Crippen LogP contribution in [0, 0.1) is 6.57 Å². The molecule has 3 heterocycles. The molecule has 66 heavy (non-hydrogen) atoms. The minimum atomic E-state index is -2.68. The van der Waals surface area contributed by atoms with Gasteiger partial charge in [0.1, 0.15) is 0 Å². The molecule has 0 fully saturated rings. The molecule has 0 aliphatic carbocycles. The van der Waals surface area contributed by atoms with Crippen LogP contribution in [-0.4, -0.2) is 21.8 Å². The van der Waals surface area contributed by atoms with E-state index in [-0.39, 0.29) is 0 Å². The standard InChI is InChI=1S/C61H40N4Si/c1-62-42-29-37-59-54(39-42)51-24-12-16-28-58(51)64(59)45-32-36-53-50-23-11-14-26-56(50)65(61(53)41-45)44-33-38-60-55(40-44)52-25-13-15-27-57(52)63(60)43-30-34-49(35-31-43)66(46-17-5-2-6-18-46,47-19-7-3-8-20-47)48-21-9-4-10-22-48/h2-41H. The van der Waals surface area contributed by atoms with Gasteiger partial charge in [-0.2, -0.15) is 0 Å². The molecule has 0 amide bonds. The lowest BCUT2D eigenvalue weighted by Gasteiger charge is -2.34. The number of para-hydroxylation sites is 3. The number of nitrogens with zero attached hydrogens (tertiary/aromatic N) is 4. The molecule has 0 saturated carbocycles. The topological polar surface area (TPSA) is 19.1 Å². The van der Waals surface area contributed by atoms with Crippen LogP contribution in [0.1, 0.15) is 0 Å². The number of hydrogen-bond acceptors (Lipinski definition) is 0. The van der Waals surface area contributed by atoms with E-state index in [9.17, 15) is 0 Å². The van der Waals surface area contributed by atoms with E-state index in [2.05, 4.69) is 249 Å². The maximum atomic E-state index is 7.71. The van der Waals surface area contributed by atoms with Crippen LogP contribution < -0.4 is 20.7 Å². The second kappa shape index (κ2) is 15.0. The van der Waals surface area contributed by atoms with Crippen molar-refractivity contribution in [3.05, 3.63) is 254 Å². The Morgan fingerprint density at radius 2 is 0.636 bits per heavy atom. The second-order valence-electron chi connectivity index (χ2n) is 17.2. The highest BCUT2D eigenvalue weighted by Crippen LogP contribution is 2.40. The molecule has 13 aromatic rings. The van der Waals surface area contributed by atoms with Gasteiger partial charge in [0.05, 0.1) is 39.7 Å². The van der Waals surface area contributed by atoms with Gasteiger partial charge in [-0.1, -0.05) is 170 Å². The minimum Gasteiger partial charge on any atom is -0.309 e. The lowest BCUT2D eigenvalue weighted by Crippen LogP contribution is -2.74. The van der Waals surface area contributed by atoms with Crippen molar-refractivity contribution in [3.63, 3.8) is 0 Å². The van der Waals surface area contributed by atoms with Crippen LogP contribution in [0.3, 0.4) is 0 Å². The number of benzene rings is 10. The average molecular weight is 857 g/mol. The molecule has 3 aromatic heterocycles. The third-order valence-electron chi connectivity index (χ3n) is 13.8. The van der Waals surface area contributed by atoms with Crippen molar-refractivity contribution in [2.45, 2.75) is 0 Å². The van der Waals surface area contributed by atoms with Gasteiger partial charge in [-0.05, 0) is 98.9 Å². The lowest BCUT2D eigenvalue weighted by atomic mass is 10.1. The molecule has 4 nitrogen and oxygen atoms in total. The molecule has 308 valence electrons. The Morgan fingerprint density at radius 3 is 1.18 bits per heavy atom. The molecular formula is C61H40N4Si. The van der Waals surface area contributed by atoms with Crippen LogP contribution in [0.2, 0.25) is 0 Å². The molecular weight excluding hydrogens is 817 g/mol. The van der Waals surface area contributed by atoms with Gasteiger partial charge in [0.2, 0.25) is 0 Å². The maximum absolute atomic E-state index is 7.71. The third-order valence-corrected chi connectivity index (χ3v) is 18.6. The van der Waals surface area contributed by atoms with Crippen LogP contribution in [0.25, 0.3) is 87.3 Å². The van der Waals surface area contributed by atoms with Gasteiger partial charge in [0.15, 0.2) is 13.8 Å². The monoisotopic (exact) mass is 856 g/mol. The fourth-order valence-corrected chi connectivity index (χ4v) is 15.7. The first-order chi connectivity index (χ1) is 32.7. The van der Waals surface area contributed by atoms with Crippen molar-refractivity contribution in [2.24, 2.45) is 0 Å². The molecule has 0 bridgehead atoms. The highest BCUT2D eigenvalue weighted by molar-refractivity contribution is 7.19. The molecule has 5 heteroatoms. The van der Waals surface area contributed by atoms with Crippen molar-refractivity contribution in [1.82, 2.24) is 13.7 Å². The van der Waals surface area contributed by atoms with Crippen molar-refractivity contribution in [3.8, 4) is 17.1 Å². The predicted molar refractivity (Wildman–Crippen MR) is 279 cm³/mol. The maximum Gasteiger partial charge on any atom is 0.188 e. The van der Waals surface area contributed by atoms with E-state index in [1.165, 1.54) is 47.8 Å². The number of aromatic nitrogens is 3. The van der Waals surface area contributed by atoms with Gasteiger partial charge in [0, 0.05) is 44.0 Å². The Kier molecular flexibility index (Phi) is 8.57. The van der Waals surface area contributed by atoms with Gasteiger partial charge >= 0.3 is 0 Å². The summed E-state index contributed by atoms with van der Waals surface area (Å²) in [5.74, 6) is 0. The van der Waals surface area contributed by atoms with Crippen molar-refractivity contribution >= 4 is 99.9 Å². The van der Waals surface area contributed by atoms with Gasteiger partial charge in [-0.3, -0.25) is 0 Å². The highest BCUT2D eigenvalue weighted by Gasteiger charge is 2.41. The van der Waals surface area contributed by atoms with Crippen LogP contribution in [0.5, 0.6) is 0 Å². The van der Waals surface area contributed by atoms with E-state index in [4.69, 9.17) is 6.57 Å². The van der Waals surface area contributed by atoms with Gasteiger partial charge in [-0.25, -0.2) is 4.85 Å². The normalized spacial score (nSPS) is 11.9. The summed E-state index contributed by atoms with van der Waals surface area (Å²) in [6, 6.07) is 88.7. The summed E-state index contributed by atoms with van der Waals surface area (Å²) < 4.78 is 7.20. The highest BCUT2D eigenvalue weighted by atomic mass is 28.3. The molecule has 0 saturated heterocycles. The molecule has 0 aliphatic rings. The third kappa shape index (κ3) is 5.56. The molecule has 0 spiro atoms. The average Bonchev–Trinajstić information content (AvgIpc) is 4.02. The molecule has 0 aliphatic heterocycles. The van der Waals surface area contributed by atoms with Gasteiger partial charge < -0.3 is 13.7 Å². The summed E-state index contributed by atoms with van der Waals surface area (Å²) in [5.41, 5.74) is 10.8. The summed E-state index contributed by atoms with van der Waals surface area (Å²) in [7, 11) is -2.68. The largest absolute Gasteiger partial charge is 0.309 e. The summed E-state index contributed by atoms with van der Waals surface area (Å²) in [6.45, 7) is 7.71. The molecule has 10 aromatic carbocycles. The molecule has 0 N–H and O–H groups in total. The Hall–Kier alpha value is -8.69. The zero-order valence-electron chi connectivity index (χ0n) is 35.9. The van der Waals surface area contributed by atoms with Crippen LogP contribution in [0.4, 0.5) is 5.69 Å². The number of fused-ring (bicyclic) bond motifs is 9. The fourth-order valence-electron chi connectivity index (χ4n) is 11.0. The van der Waals surface area contributed by atoms with Crippen molar-refractivity contribution in [1.29, 1.82) is 0 Å². The van der Waals surface area contributed by atoms with E-state index >= 15 is 0 Å². The van der Waals surface area contributed by atoms with E-state index in [0.29, 0.717) is 5.69 Å². The lowest BCUT2D eigenvalue weighted by molar-refractivity contribution is 1.15. The van der Waals surface area contributed by atoms with Crippen LogP contribution >= 0.6 is 0 Å². The van der Waals surface area contributed by atoms with E-state index < -0.39 is 8.07 Å². The Morgan fingerprint density at radius 1 is 0.273 bits per heavy atom. The quantitative estimate of drug-likeness (QED) is 0.0864. The SMILES string of the molecule is [C-]#[N+]c1ccc2c(c1)c1ccccc1n2-c1ccc2c3ccccc3n(-c3ccc4c(c3)c3ccccc3n4-c3ccc([Si](c4ccccc4)(c4ccccc4)c4ccccc4)cc3)c2c1. The summed E-state index contributed by atoms with van der Waals surface area (Å²) in [5, 5.41) is 12.5. The second-order valence-corrected chi connectivity index (χ2v) is 21.0. The summed E-state index contributed by atoms with van der Waals surface area (Å²) in [4.78, 5) is 3.76. The van der Waals surface area contributed by atoms with Gasteiger partial charge in [-0.15, -0.1) is 0 Å². The van der Waals surface area contributed by atoms with Crippen LogP contribution in [-0.2, 0) is 0 Å². The van der Waals surface area contributed by atoms with Gasteiger partial charge in [0.25, 0.3) is 0 Å². The van der Waals surface area contributed by atoms with Crippen molar-refractivity contribution < 1.29 is 0 Å². The Labute approximate surface area is 382 Å². The number of hydrogen-bond donors (Lipinski definition) is 0. The van der Waals surface area contributed by atoms with E-state index in [0.717, 1.165) is 55.4 Å². The summed E-state index contributed by atoms with van der Waals surface area (Å²) >= 11 is 0. The summed E-state index contributed by atoms with van der Waals surface area (Å²) in [6.07, 6.45) is 0.